The topological polar surface area (TPSA) is 93.5 Å². The summed E-state index contributed by atoms with van der Waals surface area (Å²) >= 11 is 5.92. The van der Waals surface area contributed by atoms with Gasteiger partial charge in [-0.1, -0.05) is 28.9 Å². The zero-order chi connectivity index (χ0) is 22.7. The normalized spacial score (nSPS) is 12.9. The molecule has 2 aromatic carbocycles. The number of halogens is 4. The minimum Gasteiger partial charge on any atom is -0.492 e. The molecule has 1 atom stereocenters. The van der Waals surface area contributed by atoms with Crippen LogP contribution >= 0.6 is 11.6 Å². The van der Waals surface area contributed by atoms with Gasteiger partial charge in [0.05, 0.1) is 6.10 Å². The minimum absolute atomic E-state index is 0.0491. The molecule has 0 saturated heterocycles. The summed E-state index contributed by atoms with van der Waals surface area (Å²) in [6, 6.07) is 13.5. The number of hydrogen-bond acceptors (Lipinski definition) is 7. The summed E-state index contributed by atoms with van der Waals surface area (Å²) in [5.74, 6) is -1.14. The molecule has 0 spiro atoms. The molecule has 0 aliphatic rings. The van der Waals surface area contributed by atoms with Gasteiger partial charge in [-0.25, -0.2) is 0 Å². The van der Waals surface area contributed by atoms with E-state index in [0.717, 1.165) is 5.56 Å². The number of rotatable bonds is 8. The Hall–Kier alpha value is -3.08. The van der Waals surface area contributed by atoms with Crippen molar-refractivity contribution in [3.05, 3.63) is 65.0 Å². The molecule has 4 rings (SSSR count). The first-order valence-electron chi connectivity index (χ1n) is 9.51. The first kappa shape index (κ1) is 22.1. The number of ether oxygens (including phenoxy) is 1. The van der Waals surface area contributed by atoms with Crippen molar-refractivity contribution < 1.29 is 32.0 Å². The molecule has 0 saturated carbocycles. The number of aromatic nitrogens is 2. The number of benzene rings is 2. The summed E-state index contributed by atoms with van der Waals surface area (Å²) in [7, 11) is 0. The Morgan fingerprint density at radius 1 is 1.16 bits per heavy atom. The van der Waals surface area contributed by atoms with E-state index in [4.69, 9.17) is 20.8 Å². The predicted molar refractivity (Wildman–Crippen MR) is 109 cm³/mol. The highest BCUT2D eigenvalue weighted by atomic mass is 35.5. The van der Waals surface area contributed by atoms with Crippen molar-refractivity contribution >= 4 is 22.6 Å². The summed E-state index contributed by atoms with van der Waals surface area (Å²) in [5.41, 5.74) is 1.16. The molecule has 0 fully saturated rings. The third-order valence-electron chi connectivity index (χ3n) is 4.50. The van der Waals surface area contributed by atoms with Crippen LogP contribution < -0.4 is 10.1 Å². The van der Waals surface area contributed by atoms with Crippen LogP contribution in [0.1, 0.15) is 17.6 Å². The summed E-state index contributed by atoms with van der Waals surface area (Å²) in [5, 5.41) is 17.7. The van der Waals surface area contributed by atoms with Crippen LogP contribution in [0.25, 0.3) is 22.6 Å². The highest BCUT2D eigenvalue weighted by Gasteiger charge is 2.38. The Balaban J connectivity index is 1.31. The molecule has 0 unspecified atom stereocenters. The molecule has 0 bridgehead atoms. The summed E-state index contributed by atoms with van der Waals surface area (Å²) in [4.78, 5) is 3.32. The van der Waals surface area contributed by atoms with Gasteiger partial charge in [0.1, 0.15) is 17.9 Å². The number of fused-ring (bicyclic) bond motifs is 1. The largest absolute Gasteiger partial charge is 0.492 e. The van der Waals surface area contributed by atoms with E-state index in [-0.39, 0.29) is 11.6 Å². The number of nitrogens with one attached hydrogen (secondary N) is 1. The average molecular weight is 468 g/mol. The van der Waals surface area contributed by atoms with Gasteiger partial charge in [-0.15, -0.1) is 0 Å². The first-order valence-corrected chi connectivity index (χ1v) is 9.89. The summed E-state index contributed by atoms with van der Waals surface area (Å²) in [6.45, 7) is 1.14. The SMILES string of the molecule is O[C@@H](CNCCOc1ccc2oc(-c3noc(C(F)(F)F)n3)cc2c1)c1cccc(Cl)c1. The Kier molecular flexibility index (Phi) is 6.35. The van der Waals surface area contributed by atoms with Crippen LogP contribution in [-0.2, 0) is 6.18 Å². The van der Waals surface area contributed by atoms with Crippen molar-refractivity contribution in [1.82, 2.24) is 15.5 Å². The van der Waals surface area contributed by atoms with E-state index >= 15 is 0 Å². The lowest BCUT2D eigenvalue weighted by molar-refractivity contribution is -0.159. The predicted octanol–water partition coefficient (Wildman–Crippen LogP) is 4.86. The highest BCUT2D eigenvalue weighted by molar-refractivity contribution is 6.30. The molecule has 0 radical (unpaired) electrons. The van der Waals surface area contributed by atoms with Crippen LogP contribution in [0.5, 0.6) is 5.75 Å². The van der Waals surface area contributed by atoms with Crippen LogP contribution in [0.2, 0.25) is 5.02 Å². The monoisotopic (exact) mass is 467 g/mol. The Morgan fingerprint density at radius 2 is 2.00 bits per heavy atom. The van der Waals surface area contributed by atoms with Gasteiger partial charge >= 0.3 is 12.1 Å². The van der Waals surface area contributed by atoms with Crippen LogP contribution in [0, 0.1) is 0 Å². The number of aliphatic hydroxyl groups is 1. The van der Waals surface area contributed by atoms with Gasteiger partial charge in [-0.2, -0.15) is 18.2 Å². The first-order chi connectivity index (χ1) is 15.3. The maximum absolute atomic E-state index is 12.6. The number of furan rings is 1. The van der Waals surface area contributed by atoms with Crippen LogP contribution in [0.4, 0.5) is 13.2 Å². The fourth-order valence-electron chi connectivity index (χ4n) is 2.97. The molecule has 168 valence electrons. The molecule has 2 aromatic heterocycles. The third kappa shape index (κ3) is 5.21. The molecule has 0 aliphatic carbocycles. The summed E-state index contributed by atoms with van der Waals surface area (Å²) in [6.07, 6.45) is -5.42. The van der Waals surface area contributed by atoms with Gasteiger partial charge in [-0.05, 0) is 42.0 Å². The van der Waals surface area contributed by atoms with E-state index in [9.17, 15) is 18.3 Å². The molecule has 32 heavy (non-hydrogen) atoms. The van der Waals surface area contributed by atoms with Crippen molar-refractivity contribution in [2.45, 2.75) is 12.3 Å². The fourth-order valence-corrected chi connectivity index (χ4v) is 3.17. The molecule has 2 N–H and O–H groups in total. The molecule has 7 nitrogen and oxygen atoms in total. The lowest BCUT2D eigenvalue weighted by Gasteiger charge is -2.13. The molecule has 4 aromatic rings. The second-order valence-corrected chi connectivity index (χ2v) is 7.29. The Labute approximate surface area is 184 Å². The smallest absolute Gasteiger partial charge is 0.471 e. The molecule has 0 amide bonds. The molecule has 0 aliphatic heterocycles. The zero-order valence-electron chi connectivity index (χ0n) is 16.4. The number of alkyl halides is 3. The van der Waals surface area contributed by atoms with E-state index in [1.807, 2.05) is 0 Å². The zero-order valence-corrected chi connectivity index (χ0v) is 17.2. The molecule has 11 heteroatoms. The van der Waals surface area contributed by atoms with Gasteiger partial charge in [0, 0.05) is 23.5 Å². The molecular weight excluding hydrogens is 451 g/mol. The van der Waals surface area contributed by atoms with Crippen molar-refractivity contribution in [3.63, 3.8) is 0 Å². The summed E-state index contributed by atoms with van der Waals surface area (Å²) < 4.78 is 53.3. The fraction of sp³-hybridized carbons (Fsp3) is 0.238. The quantitative estimate of drug-likeness (QED) is 0.357. The van der Waals surface area contributed by atoms with Crippen LogP contribution in [0.15, 0.2) is 57.5 Å². The third-order valence-corrected chi connectivity index (χ3v) is 4.73. The number of hydrogen-bond donors (Lipinski definition) is 2. The number of nitrogens with zero attached hydrogens (tertiary/aromatic N) is 2. The maximum atomic E-state index is 12.6. The van der Waals surface area contributed by atoms with Crippen molar-refractivity contribution in [3.8, 4) is 17.3 Å². The number of aliphatic hydroxyl groups excluding tert-OH is 1. The maximum Gasteiger partial charge on any atom is 0.471 e. The Bertz CT molecular complexity index is 1210. The van der Waals surface area contributed by atoms with Gasteiger partial charge in [-0.3, -0.25) is 0 Å². The lowest BCUT2D eigenvalue weighted by Crippen LogP contribution is -2.26. The highest BCUT2D eigenvalue weighted by Crippen LogP contribution is 2.32. The van der Waals surface area contributed by atoms with Gasteiger partial charge in [0.25, 0.3) is 0 Å². The lowest BCUT2D eigenvalue weighted by atomic mass is 10.1. The van der Waals surface area contributed by atoms with E-state index in [1.165, 1.54) is 6.07 Å². The standard InChI is InChI=1S/C21H17ClF3N3O4/c22-14-3-1-2-12(8-14)16(29)11-26-6-7-30-15-4-5-17-13(9-15)10-18(31-17)19-27-20(32-28-19)21(23,24)25/h1-5,8-10,16,26,29H,6-7,11H2/t16-/m0/s1. The van der Waals surface area contributed by atoms with Gasteiger partial charge < -0.3 is 24.1 Å². The second-order valence-electron chi connectivity index (χ2n) is 6.85. The van der Waals surface area contributed by atoms with Crippen molar-refractivity contribution in [2.75, 3.05) is 19.7 Å². The molecule has 2 heterocycles. The molecular formula is C21H17ClF3N3O4. The second kappa shape index (κ2) is 9.19. The van der Waals surface area contributed by atoms with Crippen molar-refractivity contribution in [1.29, 1.82) is 0 Å². The minimum atomic E-state index is -4.73. The van der Waals surface area contributed by atoms with Gasteiger partial charge in [0.2, 0.25) is 5.82 Å². The average Bonchev–Trinajstić information content (AvgIpc) is 3.40. The van der Waals surface area contributed by atoms with E-state index in [1.54, 1.807) is 42.5 Å². The Morgan fingerprint density at radius 3 is 2.75 bits per heavy atom. The van der Waals surface area contributed by atoms with E-state index < -0.39 is 18.2 Å². The van der Waals surface area contributed by atoms with E-state index in [0.29, 0.717) is 41.4 Å². The van der Waals surface area contributed by atoms with Crippen LogP contribution in [-0.4, -0.2) is 34.9 Å². The van der Waals surface area contributed by atoms with Gasteiger partial charge in [0.15, 0.2) is 5.76 Å². The van der Waals surface area contributed by atoms with Crippen molar-refractivity contribution in [2.24, 2.45) is 0 Å². The van der Waals surface area contributed by atoms with E-state index in [2.05, 4.69) is 20.0 Å². The van der Waals surface area contributed by atoms with Crippen LogP contribution in [0.3, 0.4) is 0 Å².